The van der Waals surface area contributed by atoms with Gasteiger partial charge in [0.2, 0.25) is 0 Å². The van der Waals surface area contributed by atoms with Crippen molar-refractivity contribution in [1.29, 1.82) is 5.26 Å². The summed E-state index contributed by atoms with van der Waals surface area (Å²) in [6.07, 6.45) is 1.56. The first kappa shape index (κ1) is 15.9. The molecule has 0 spiro atoms. The predicted octanol–water partition coefficient (Wildman–Crippen LogP) is 3.63. The van der Waals surface area contributed by atoms with E-state index in [1.54, 1.807) is 11.8 Å². The van der Waals surface area contributed by atoms with Gasteiger partial charge in [-0.25, -0.2) is 0 Å². The van der Waals surface area contributed by atoms with Crippen LogP contribution in [0.4, 0.5) is 5.69 Å². The summed E-state index contributed by atoms with van der Waals surface area (Å²) in [5, 5.41) is 22.0. The largest absolute Gasteiger partial charge is 0.396 e. The first-order valence-electron chi connectivity index (χ1n) is 6.65. The number of hydrogen-bond acceptors (Lipinski definition) is 4. The highest BCUT2D eigenvalue weighted by atomic mass is 32.2. The molecule has 0 aliphatic rings. The zero-order valence-corrected chi connectivity index (χ0v) is 12.7. The maximum atomic E-state index is 9.37. The highest BCUT2D eigenvalue weighted by molar-refractivity contribution is 7.99. The Hall–Kier alpha value is -1.18. The molecular weight excluding hydrogens is 256 g/mol. The highest BCUT2D eigenvalue weighted by Gasteiger charge is 2.22. The molecule has 1 unspecified atom stereocenters. The predicted molar refractivity (Wildman–Crippen MR) is 81.6 cm³/mol. The van der Waals surface area contributed by atoms with Crippen molar-refractivity contribution in [2.24, 2.45) is 0 Å². The molecule has 104 valence electrons. The fraction of sp³-hybridized carbons (Fsp3) is 0.533. The first-order valence-corrected chi connectivity index (χ1v) is 7.63. The zero-order chi connectivity index (χ0) is 14.3. The number of aliphatic hydroxyl groups excluding tert-OH is 1. The van der Waals surface area contributed by atoms with Crippen molar-refractivity contribution >= 4 is 17.4 Å². The molecule has 0 heterocycles. The number of nitrogens with one attached hydrogen (secondary N) is 1. The second kappa shape index (κ2) is 7.42. The van der Waals surface area contributed by atoms with Crippen molar-refractivity contribution in [1.82, 2.24) is 0 Å². The highest BCUT2D eigenvalue weighted by Crippen LogP contribution is 2.31. The van der Waals surface area contributed by atoms with Gasteiger partial charge in [-0.1, -0.05) is 19.9 Å². The van der Waals surface area contributed by atoms with Crippen molar-refractivity contribution < 1.29 is 5.11 Å². The maximum Gasteiger partial charge on any atom is 0.102 e. The van der Waals surface area contributed by atoms with E-state index >= 15 is 0 Å². The molecule has 1 rings (SSSR count). The van der Waals surface area contributed by atoms with Gasteiger partial charge < -0.3 is 10.4 Å². The Morgan fingerprint density at radius 1 is 1.42 bits per heavy atom. The van der Waals surface area contributed by atoms with E-state index in [9.17, 15) is 5.26 Å². The monoisotopic (exact) mass is 278 g/mol. The smallest absolute Gasteiger partial charge is 0.102 e. The molecule has 0 saturated heterocycles. The van der Waals surface area contributed by atoms with E-state index in [0.717, 1.165) is 22.8 Å². The van der Waals surface area contributed by atoms with E-state index < -0.39 is 0 Å². The molecule has 0 bridgehead atoms. The number of nitriles is 1. The van der Waals surface area contributed by atoms with Gasteiger partial charge in [-0.3, -0.25) is 0 Å². The molecule has 1 aromatic rings. The summed E-state index contributed by atoms with van der Waals surface area (Å²) in [6.45, 7) is 6.37. The van der Waals surface area contributed by atoms with Gasteiger partial charge >= 0.3 is 0 Å². The second-order valence-electron chi connectivity index (χ2n) is 4.74. The van der Waals surface area contributed by atoms with Gasteiger partial charge in [-0.15, -0.1) is 11.8 Å². The Labute approximate surface area is 120 Å². The molecule has 0 saturated carbocycles. The number of rotatable bonds is 7. The van der Waals surface area contributed by atoms with Gasteiger partial charge in [-0.05, 0) is 37.7 Å². The lowest BCUT2D eigenvalue weighted by atomic mass is 9.94. The Kier molecular flexibility index (Phi) is 6.20. The van der Waals surface area contributed by atoms with Crippen molar-refractivity contribution in [3.8, 4) is 6.07 Å². The quantitative estimate of drug-likeness (QED) is 0.748. The van der Waals surface area contributed by atoms with Crippen LogP contribution in [0.15, 0.2) is 23.1 Å². The normalized spacial score (nSPS) is 13.6. The number of anilines is 1. The van der Waals surface area contributed by atoms with Crippen LogP contribution in [0.3, 0.4) is 0 Å². The Morgan fingerprint density at radius 3 is 2.68 bits per heavy atom. The van der Waals surface area contributed by atoms with Crippen LogP contribution >= 0.6 is 11.8 Å². The molecule has 0 fully saturated rings. The molecule has 0 amide bonds. The third-order valence-corrected chi connectivity index (χ3v) is 4.26. The van der Waals surface area contributed by atoms with Gasteiger partial charge in [0.05, 0.1) is 11.3 Å². The summed E-state index contributed by atoms with van der Waals surface area (Å²) in [5.74, 6) is 0.944. The molecule has 0 aliphatic carbocycles. The van der Waals surface area contributed by atoms with E-state index in [4.69, 9.17) is 5.11 Å². The lowest BCUT2D eigenvalue weighted by Gasteiger charge is -2.31. The molecule has 0 aliphatic heterocycles. The minimum absolute atomic E-state index is 0.141. The standard InChI is InChI=1S/C15H22N2OS/c1-4-15(3,9-10-18)17-13-7-6-8-14(19-5-2)12(13)11-16/h6-8,17-18H,4-5,9-10H2,1-3H3. The zero-order valence-electron chi connectivity index (χ0n) is 11.9. The summed E-state index contributed by atoms with van der Waals surface area (Å²) >= 11 is 1.68. The summed E-state index contributed by atoms with van der Waals surface area (Å²) < 4.78 is 0. The third kappa shape index (κ3) is 4.15. The van der Waals surface area contributed by atoms with Crippen LogP contribution in [0.2, 0.25) is 0 Å². The number of benzene rings is 1. The lowest BCUT2D eigenvalue weighted by molar-refractivity contribution is 0.252. The van der Waals surface area contributed by atoms with Crippen LogP contribution in [0, 0.1) is 11.3 Å². The number of nitrogens with zero attached hydrogens (tertiary/aromatic N) is 1. The Balaban J connectivity index is 3.07. The number of thioether (sulfide) groups is 1. The minimum Gasteiger partial charge on any atom is -0.396 e. The average molecular weight is 278 g/mol. The van der Waals surface area contributed by atoms with Crippen molar-refractivity contribution in [3.05, 3.63) is 23.8 Å². The van der Waals surface area contributed by atoms with Crippen LogP contribution < -0.4 is 5.32 Å². The van der Waals surface area contributed by atoms with Gasteiger partial charge in [0.25, 0.3) is 0 Å². The van der Waals surface area contributed by atoms with Gasteiger partial charge in [0.15, 0.2) is 0 Å². The topological polar surface area (TPSA) is 56.0 Å². The van der Waals surface area contributed by atoms with Crippen LogP contribution in [0.5, 0.6) is 0 Å². The van der Waals surface area contributed by atoms with Crippen LogP contribution in [0.1, 0.15) is 39.2 Å². The van der Waals surface area contributed by atoms with Crippen LogP contribution in [0.25, 0.3) is 0 Å². The molecule has 0 aromatic heterocycles. The summed E-state index contributed by atoms with van der Waals surface area (Å²) in [5.41, 5.74) is 1.38. The molecule has 1 aromatic carbocycles. The van der Waals surface area contributed by atoms with Gasteiger partial charge in [0, 0.05) is 17.0 Å². The fourth-order valence-electron chi connectivity index (χ4n) is 1.93. The molecule has 3 nitrogen and oxygen atoms in total. The molecule has 19 heavy (non-hydrogen) atoms. The van der Waals surface area contributed by atoms with E-state index in [0.29, 0.717) is 12.0 Å². The molecule has 1 atom stereocenters. The van der Waals surface area contributed by atoms with Crippen LogP contribution in [-0.4, -0.2) is 23.0 Å². The van der Waals surface area contributed by atoms with Crippen molar-refractivity contribution in [2.75, 3.05) is 17.7 Å². The van der Waals surface area contributed by atoms with E-state index in [-0.39, 0.29) is 12.1 Å². The summed E-state index contributed by atoms with van der Waals surface area (Å²) in [7, 11) is 0. The Morgan fingerprint density at radius 2 is 2.16 bits per heavy atom. The van der Waals surface area contributed by atoms with Crippen molar-refractivity contribution in [2.45, 2.75) is 44.0 Å². The summed E-state index contributed by atoms with van der Waals surface area (Å²) in [4.78, 5) is 1.01. The van der Waals surface area contributed by atoms with Gasteiger partial charge in [0.1, 0.15) is 6.07 Å². The van der Waals surface area contributed by atoms with Gasteiger partial charge in [-0.2, -0.15) is 5.26 Å². The summed E-state index contributed by atoms with van der Waals surface area (Å²) in [6, 6.07) is 8.17. The molecule has 4 heteroatoms. The molecular formula is C15H22N2OS. The van der Waals surface area contributed by atoms with E-state index in [2.05, 4.69) is 32.2 Å². The number of aliphatic hydroxyl groups is 1. The van der Waals surface area contributed by atoms with Crippen molar-refractivity contribution in [3.63, 3.8) is 0 Å². The minimum atomic E-state index is -0.185. The lowest BCUT2D eigenvalue weighted by Crippen LogP contribution is -2.35. The van der Waals surface area contributed by atoms with Crippen LogP contribution in [-0.2, 0) is 0 Å². The first-order chi connectivity index (χ1) is 9.10. The number of hydrogen-bond donors (Lipinski definition) is 2. The van der Waals surface area contributed by atoms with E-state index in [1.165, 1.54) is 0 Å². The molecule has 0 radical (unpaired) electrons. The fourth-order valence-corrected chi connectivity index (χ4v) is 2.71. The SMILES string of the molecule is CCSc1cccc(NC(C)(CC)CCO)c1C#N. The average Bonchev–Trinajstić information content (AvgIpc) is 2.40. The third-order valence-electron chi connectivity index (χ3n) is 3.32. The molecule has 2 N–H and O–H groups in total. The maximum absolute atomic E-state index is 9.37. The second-order valence-corrected chi connectivity index (χ2v) is 6.04. The Bertz CT molecular complexity index is 456. The van der Waals surface area contributed by atoms with E-state index in [1.807, 2.05) is 18.2 Å².